The third kappa shape index (κ3) is 4.30. The van der Waals surface area contributed by atoms with Gasteiger partial charge in [-0.1, -0.05) is 15.9 Å². The monoisotopic (exact) mass is 390 g/mol. The van der Waals surface area contributed by atoms with Crippen LogP contribution in [-0.4, -0.2) is 29.3 Å². The molecular formula is C17H19BrN4O2. The molecule has 7 heteroatoms. The van der Waals surface area contributed by atoms with Crippen LogP contribution >= 0.6 is 15.9 Å². The molecule has 0 spiro atoms. The van der Waals surface area contributed by atoms with Crippen LogP contribution in [-0.2, 0) is 9.53 Å². The average Bonchev–Trinajstić information content (AvgIpc) is 2.60. The van der Waals surface area contributed by atoms with Gasteiger partial charge in [0.2, 0.25) is 5.91 Å². The van der Waals surface area contributed by atoms with Crippen molar-refractivity contribution in [2.75, 3.05) is 23.8 Å². The Bertz CT molecular complexity index is 715. The van der Waals surface area contributed by atoms with Crippen molar-refractivity contribution in [2.45, 2.75) is 19.8 Å². The summed E-state index contributed by atoms with van der Waals surface area (Å²) in [6, 6.07) is 9.51. The lowest BCUT2D eigenvalue weighted by molar-refractivity contribution is -0.122. The zero-order chi connectivity index (χ0) is 16.9. The fourth-order valence-corrected chi connectivity index (χ4v) is 3.03. The minimum Gasteiger partial charge on any atom is -0.381 e. The van der Waals surface area contributed by atoms with Gasteiger partial charge in [0.25, 0.3) is 0 Å². The Balaban J connectivity index is 1.61. The minimum absolute atomic E-state index is 0.0104. The van der Waals surface area contributed by atoms with Gasteiger partial charge in [-0.05, 0) is 55.7 Å². The van der Waals surface area contributed by atoms with Crippen LogP contribution in [0.1, 0.15) is 18.4 Å². The molecule has 2 heterocycles. The van der Waals surface area contributed by atoms with Crippen LogP contribution in [0.4, 0.5) is 17.3 Å². The topological polar surface area (TPSA) is 76.1 Å². The molecule has 1 aliphatic heterocycles. The predicted octanol–water partition coefficient (Wildman–Crippen LogP) is 3.66. The van der Waals surface area contributed by atoms with Gasteiger partial charge in [-0.3, -0.25) is 4.79 Å². The van der Waals surface area contributed by atoms with Crippen LogP contribution in [0.5, 0.6) is 0 Å². The van der Waals surface area contributed by atoms with E-state index in [2.05, 4.69) is 36.8 Å². The molecule has 0 unspecified atom stereocenters. The number of halogens is 1. The number of benzene rings is 1. The molecule has 1 aliphatic rings. The van der Waals surface area contributed by atoms with Gasteiger partial charge in [-0.2, -0.15) is 0 Å². The second-order valence-corrected chi connectivity index (χ2v) is 6.68. The Kier molecular flexibility index (Phi) is 5.42. The first-order valence-electron chi connectivity index (χ1n) is 7.87. The Labute approximate surface area is 149 Å². The van der Waals surface area contributed by atoms with E-state index in [1.807, 2.05) is 25.1 Å². The number of carbonyl (C=O) groups excluding carboxylic acids is 1. The van der Waals surface area contributed by atoms with Gasteiger partial charge in [0.15, 0.2) is 11.6 Å². The van der Waals surface area contributed by atoms with Crippen molar-refractivity contribution in [3.8, 4) is 0 Å². The van der Waals surface area contributed by atoms with Crippen molar-refractivity contribution >= 4 is 39.2 Å². The van der Waals surface area contributed by atoms with E-state index in [4.69, 9.17) is 4.74 Å². The normalized spacial score (nSPS) is 15.1. The molecule has 0 bridgehead atoms. The van der Waals surface area contributed by atoms with E-state index < -0.39 is 0 Å². The molecule has 0 radical (unpaired) electrons. The highest BCUT2D eigenvalue weighted by molar-refractivity contribution is 9.10. The lowest BCUT2D eigenvalue weighted by atomic mass is 9.99. The van der Waals surface area contributed by atoms with Crippen molar-refractivity contribution in [1.29, 1.82) is 0 Å². The SMILES string of the molecule is Cc1cc(Br)ccc1Nc1ccc(NC(=O)C2CCOCC2)nn1. The lowest BCUT2D eigenvalue weighted by Gasteiger charge is -2.20. The largest absolute Gasteiger partial charge is 0.381 e. The highest BCUT2D eigenvalue weighted by Gasteiger charge is 2.21. The van der Waals surface area contributed by atoms with Crippen molar-refractivity contribution < 1.29 is 9.53 Å². The highest BCUT2D eigenvalue weighted by atomic mass is 79.9. The van der Waals surface area contributed by atoms with Crippen LogP contribution in [0, 0.1) is 12.8 Å². The predicted molar refractivity (Wildman–Crippen MR) is 96.4 cm³/mol. The fourth-order valence-electron chi connectivity index (χ4n) is 2.56. The summed E-state index contributed by atoms with van der Waals surface area (Å²) in [6.07, 6.45) is 1.50. The molecule has 1 amide bonds. The maximum Gasteiger partial charge on any atom is 0.228 e. The average molecular weight is 391 g/mol. The van der Waals surface area contributed by atoms with Gasteiger partial charge < -0.3 is 15.4 Å². The van der Waals surface area contributed by atoms with Gasteiger partial charge in [0.05, 0.1) is 0 Å². The third-order valence-electron chi connectivity index (χ3n) is 3.96. The smallest absolute Gasteiger partial charge is 0.228 e. The summed E-state index contributed by atoms with van der Waals surface area (Å²) in [5.74, 6) is 1.06. The summed E-state index contributed by atoms with van der Waals surface area (Å²) in [6.45, 7) is 3.29. The van der Waals surface area contributed by atoms with E-state index in [0.29, 0.717) is 24.8 Å². The highest BCUT2D eigenvalue weighted by Crippen LogP contribution is 2.23. The number of amides is 1. The number of aryl methyl sites for hydroxylation is 1. The molecular weight excluding hydrogens is 372 g/mol. The van der Waals surface area contributed by atoms with Crippen LogP contribution in [0.2, 0.25) is 0 Å². The van der Waals surface area contributed by atoms with Crippen molar-refractivity contribution in [1.82, 2.24) is 10.2 Å². The second-order valence-electron chi connectivity index (χ2n) is 5.76. The molecule has 0 atom stereocenters. The van der Waals surface area contributed by atoms with Gasteiger partial charge in [0.1, 0.15) is 0 Å². The first-order chi connectivity index (χ1) is 11.6. The van der Waals surface area contributed by atoms with Crippen molar-refractivity contribution in [2.24, 2.45) is 5.92 Å². The number of rotatable bonds is 4. The molecule has 1 saturated heterocycles. The molecule has 0 saturated carbocycles. The van der Waals surface area contributed by atoms with E-state index in [1.54, 1.807) is 12.1 Å². The van der Waals surface area contributed by atoms with Gasteiger partial charge in [-0.15, -0.1) is 10.2 Å². The van der Waals surface area contributed by atoms with Gasteiger partial charge >= 0.3 is 0 Å². The number of hydrogen-bond donors (Lipinski definition) is 2. The van der Waals surface area contributed by atoms with Crippen LogP contribution < -0.4 is 10.6 Å². The maximum absolute atomic E-state index is 12.2. The molecule has 24 heavy (non-hydrogen) atoms. The molecule has 1 aromatic carbocycles. The van der Waals surface area contributed by atoms with Crippen molar-refractivity contribution in [3.63, 3.8) is 0 Å². The minimum atomic E-state index is -0.0166. The Morgan fingerprint density at radius 2 is 1.88 bits per heavy atom. The molecule has 6 nitrogen and oxygen atoms in total. The molecule has 3 rings (SSSR count). The van der Waals surface area contributed by atoms with Crippen LogP contribution in [0.25, 0.3) is 0 Å². The molecule has 126 valence electrons. The number of ether oxygens (including phenoxy) is 1. The number of nitrogens with zero attached hydrogens (tertiary/aromatic N) is 2. The fraction of sp³-hybridized carbons (Fsp3) is 0.353. The zero-order valence-electron chi connectivity index (χ0n) is 13.4. The first kappa shape index (κ1) is 16.9. The van der Waals surface area contributed by atoms with Crippen molar-refractivity contribution in [3.05, 3.63) is 40.4 Å². The van der Waals surface area contributed by atoms with Crippen LogP contribution in [0.15, 0.2) is 34.8 Å². The molecule has 2 aromatic rings. The van der Waals surface area contributed by atoms with E-state index >= 15 is 0 Å². The molecule has 2 N–H and O–H groups in total. The molecule has 1 fully saturated rings. The Hall–Kier alpha value is -1.99. The summed E-state index contributed by atoms with van der Waals surface area (Å²) in [7, 11) is 0. The van der Waals surface area contributed by atoms with E-state index in [9.17, 15) is 4.79 Å². The third-order valence-corrected chi connectivity index (χ3v) is 4.45. The lowest BCUT2D eigenvalue weighted by Crippen LogP contribution is -2.28. The van der Waals surface area contributed by atoms with E-state index in [0.717, 1.165) is 28.6 Å². The first-order valence-corrected chi connectivity index (χ1v) is 8.66. The van der Waals surface area contributed by atoms with E-state index in [1.165, 1.54) is 0 Å². The summed E-state index contributed by atoms with van der Waals surface area (Å²) in [5.41, 5.74) is 2.06. The number of nitrogens with one attached hydrogen (secondary N) is 2. The number of hydrogen-bond acceptors (Lipinski definition) is 5. The number of anilines is 3. The second kappa shape index (κ2) is 7.72. The summed E-state index contributed by atoms with van der Waals surface area (Å²) in [4.78, 5) is 12.2. The molecule has 1 aromatic heterocycles. The summed E-state index contributed by atoms with van der Waals surface area (Å²) < 4.78 is 6.30. The summed E-state index contributed by atoms with van der Waals surface area (Å²) >= 11 is 3.44. The van der Waals surface area contributed by atoms with Crippen LogP contribution in [0.3, 0.4) is 0 Å². The Morgan fingerprint density at radius 1 is 1.17 bits per heavy atom. The maximum atomic E-state index is 12.2. The van der Waals surface area contributed by atoms with Gasteiger partial charge in [-0.25, -0.2) is 0 Å². The number of carbonyl (C=O) groups is 1. The standard InChI is InChI=1S/C17H19BrN4O2/c1-11-10-13(18)2-3-14(11)19-15-4-5-16(22-21-15)20-17(23)12-6-8-24-9-7-12/h2-5,10,12H,6-9H2,1H3,(H,19,21)(H,20,22,23). The summed E-state index contributed by atoms with van der Waals surface area (Å²) in [5, 5.41) is 14.2. The Morgan fingerprint density at radius 3 is 2.54 bits per heavy atom. The zero-order valence-corrected chi connectivity index (χ0v) is 15.0. The molecule has 0 aliphatic carbocycles. The van der Waals surface area contributed by atoms with E-state index in [-0.39, 0.29) is 11.8 Å². The number of aromatic nitrogens is 2. The quantitative estimate of drug-likeness (QED) is 0.832. The van der Waals surface area contributed by atoms with Gasteiger partial charge in [0, 0.05) is 29.3 Å².